The minimum Gasteiger partial charge on any atom is -0.0505 e. The lowest BCUT2D eigenvalue weighted by Crippen LogP contribution is -1.76. The van der Waals surface area contributed by atoms with Crippen LogP contribution in [0.25, 0.3) is 0 Å². The van der Waals surface area contributed by atoms with Crippen LogP contribution in [0.3, 0.4) is 0 Å². The standard InChI is InChI=1S/C7H4Br3/c1-4-2-6(9)7(10)3-5(4)8/h2-3H,1H2. The highest BCUT2D eigenvalue weighted by molar-refractivity contribution is 9.13. The molecule has 1 radical (unpaired) electrons. The van der Waals surface area contributed by atoms with Crippen LogP contribution >= 0.6 is 47.8 Å². The van der Waals surface area contributed by atoms with Gasteiger partial charge in [-0.15, -0.1) is 0 Å². The molecular formula is C7H4Br3. The Bertz CT molecular complexity index is 205. The molecule has 0 bridgehead atoms. The van der Waals surface area contributed by atoms with Gasteiger partial charge in [-0.3, -0.25) is 0 Å². The Morgan fingerprint density at radius 2 is 1.40 bits per heavy atom. The second-order valence-corrected chi connectivity index (χ2v) is 4.42. The van der Waals surface area contributed by atoms with E-state index in [0.29, 0.717) is 0 Å². The first-order valence-corrected chi connectivity index (χ1v) is 4.95. The predicted molar refractivity (Wildman–Crippen MR) is 54.0 cm³/mol. The highest BCUT2D eigenvalue weighted by atomic mass is 79.9. The van der Waals surface area contributed by atoms with Crippen LogP contribution in [-0.4, -0.2) is 0 Å². The first kappa shape index (κ1) is 8.75. The van der Waals surface area contributed by atoms with Crippen LogP contribution < -0.4 is 0 Å². The molecule has 1 rings (SSSR count). The molecule has 0 spiro atoms. The Hall–Kier alpha value is 0.660. The van der Waals surface area contributed by atoms with Crippen molar-refractivity contribution in [2.75, 3.05) is 0 Å². The molecule has 0 saturated carbocycles. The molecule has 3 heteroatoms. The molecule has 0 aliphatic rings. The zero-order chi connectivity index (χ0) is 7.72. The van der Waals surface area contributed by atoms with Crippen LogP contribution in [0.5, 0.6) is 0 Å². The van der Waals surface area contributed by atoms with E-state index in [9.17, 15) is 0 Å². The van der Waals surface area contributed by atoms with E-state index in [1.54, 1.807) is 0 Å². The van der Waals surface area contributed by atoms with Gasteiger partial charge in [0.2, 0.25) is 0 Å². The third-order valence-corrected chi connectivity index (χ3v) is 3.67. The van der Waals surface area contributed by atoms with Crippen molar-refractivity contribution in [1.82, 2.24) is 0 Å². The summed E-state index contributed by atoms with van der Waals surface area (Å²) in [4.78, 5) is 0. The maximum absolute atomic E-state index is 3.82. The van der Waals surface area contributed by atoms with E-state index < -0.39 is 0 Å². The van der Waals surface area contributed by atoms with Crippen molar-refractivity contribution in [3.8, 4) is 0 Å². The molecule has 0 fully saturated rings. The number of hydrogen-bond acceptors (Lipinski definition) is 0. The molecule has 0 aliphatic heterocycles. The van der Waals surface area contributed by atoms with Crippen molar-refractivity contribution in [1.29, 1.82) is 0 Å². The number of rotatable bonds is 0. The van der Waals surface area contributed by atoms with Gasteiger partial charge in [-0.1, -0.05) is 15.9 Å². The molecule has 53 valence electrons. The third-order valence-electron chi connectivity index (χ3n) is 1.09. The fourth-order valence-corrected chi connectivity index (χ4v) is 1.95. The largest absolute Gasteiger partial charge is 0.0505 e. The van der Waals surface area contributed by atoms with Crippen LogP contribution in [0.1, 0.15) is 5.56 Å². The van der Waals surface area contributed by atoms with Gasteiger partial charge < -0.3 is 0 Å². The van der Waals surface area contributed by atoms with Gasteiger partial charge in [0.1, 0.15) is 0 Å². The lowest BCUT2D eigenvalue weighted by molar-refractivity contribution is 1.49. The van der Waals surface area contributed by atoms with Crippen LogP contribution in [0, 0.1) is 6.92 Å². The second kappa shape index (κ2) is 3.37. The zero-order valence-corrected chi connectivity index (χ0v) is 9.75. The van der Waals surface area contributed by atoms with E-state index in [-0.39, 0.29) is 0 Å². The Morgan fingerprint density at radius 1 is 0.900 bits per heavy atom. The summed E-state index contributed by atoms with van der Waals surface area (Å²) in [6.07, 6.45) is 0. The number of hydrogen-bond donors (Lipinski definition) is 0. The lowest BCUT2D eigenvalue weighted by atomic mass is 10.2. The summed E-state index contributed by atoms with van der Waals surface area (Å²) in [5.74, 6) is 0. The van der Waals surface area contributed by atoms with Gasteiger partial charge >= 0.3 is 0 Å². The highest BCUT2D eigenvalue weighted by Crippen LogP contribution is 2.28. The van der Waals surface area contributed by atoms with Crippen molar-refractivity contribution < 1.29 is 0 Å². The van der Waals surface area contributed by atoms with E-state index in [1.807, 2.05) is 12.1 Å². The fourth-order valence-electron chi connectivity index (χ4n) is 0.564. The molecule has 0 saturated heterocycles. The fraction of sp³-hybridized carbons (Fsp3) is 0. The summed E-state index contributed by atoms with van der Waals surface area (Å²) in [5.41, 5.74) is 0.982. The Balaban J connectivity index is 3.28. The maximum atomic E-state index is 3.82. The predicted octanol–water partition coefficient (Wildman–Crippen LogP) is 4.16. The number of benzene rings is 1. The maximum Gasteiger partial charge on any atom is 0.0328 e. The van der Waals surface area contributed by atoms with Gasteiger partial charge in [-0.25, -0.2) is 0 Å². The van der Waals surface area contributed by atoms with Gasteiger partial charge in [0, 0.05) is 13.4 Å². The highest BCUT2D eigenvalue weighted by Gasteiger charge is 1.99. The van der Waals surface area contributed by atoms with Gasteiger partial charge in [0.25, 0.3) is 0 Å². The van der Waals surface area contributed by atoms with E-state index in [2.05, 4.69) is 54.7 Å². The molecule has 0 N–H and O–H groups in total. The molecule has 0 aliphatic carbocycles. The summed E-state index contributed by atoms with van der Waals surface area (Å²) in [6.45, 7) is 3.82. The summed E-state index contributed by atoms with van der Waals surface area (Å²) in [7, 11) is 0. The second-order valence-electron chi connectivity index (χ2n) is 1.86. The van der Waals surface area contributed by atoms with Gasteiger partial charge in [0.05, 0.1) is 0 Å². The molecule has 0 aromatic heterocycles. The number of halogens is 3. The normalized spacial score (nSPS) is 10.0. The van der Waals surface area contributed by atoms with Gasteiger partial charge in [-0.2, -0.15) is 0 Å². The van der Waals surface area contributed by atoms with Crippen LogP contribution in [-0.2, 0) is 0 Å². The van der Waals surface area contributed by atoms with Crippen LogP contribution in [0.4, 0.5) is 0 Å². The summed E-state index contributed by atoms with van der Waals surface area (Å²) in [6, 6.07) is 3.92. The Kier molecular flexibility index (Phi) is 2.95. The van der Waals surface area contributed by atoms with Crippen molar-refractivity contribution in [2.45, 2.75) is 0 Å². The quantitative estimate of drug-likeness (QED) is 0.628. The smallest absolute Gasteiger partial charge is 0.0328 e. The molecular weight excluding hydrogens is 324 g/mol. The molecule has 0 amide bonds. The van der Waals surface area contributed by atoms with Crippen LogP contribution in [0.15, 0.2) is 25.6 Å². The first-order chi connectivity index (χ1) is 4.61. The molecule has 0 atom stereocenters. The first-order valence-electron chi connectivity index (χ1n) is 2.58. The average molecular weight is 328 g/mol. The summed E-state index contributed by atoms with van der Waals surface area (Å²) in [5, 5.41) is 0. The summed E-state index contributed by atoms with van der Waals surface area (Å²) < 4.78 is 3.08. The van der Waals surface area contributed by atoms with Crippen molar-refractivity contribution in [3.63, 3.8) is 0 Å². The van der Waals surface area contributed by atoms with E-state index in [1.165, 1.54) is 0 Å². The van der Waals surface area contributed by atoms with Crippen LogP contribution in [0.2, 0.25) is 0 Å². The molecule has 0 heterocycles. The van der Waals surface area contributed by atoms with Crippen molar-refractivity contribution >= 4 is 47.8 Å². The molecule has 0 unspecified atom stereocenters. The average Bonchev–Trinajstić information content (AvgIpc) is 1.84. The Morgan fingerprint density at radius 3 is 1.90 bits per heavy atom. The lowest BCUT2D eigenvalue weighted by Gasteiger charge is -1.99. The Labute approximate surface area is 85.4 Å². The van der Waals surface area contributed by atoms with Crippen molar-refractivity contribution in [2.24, 2.45) is 0 Å². The zero-order valence-electron chi connectivity index (χ0n) is 5.00. The van der Waals surface area contributed by atoms with E-state index in [4.69, 9.17) is 0 Å². The van der Waals surface area contributed by atoms with Gasteiger partial charge in [0.15, 0.2) is 0 Å². The molecule has 1 aromatic carbocycles. The minimum absolute atomic E-state index is 0.982. The molecule has 1 aromatic rings. The van der Waals surface area contributed by atoms with E-state index >= 15 is 0 Å². The molecule has 0 nitrogen and oxygen atoms in total. The van der Waals surface area contributed by atoms with Gasteiger partial charge in [-0.05, 0) is 56.5 Å². The minimum atomic E-state index is 0.982. The SMILES string of the molecule is [CH2]c1cc(Br)c(Br)cc1Br. The molecule has 10 heavy (non-hydrogen) atoms. The van der Waals surface area contributed by atoms with E-state index in [0.717, 1.165) is 19.0 Å². The third kappa shape index (κ3) is 1.83. The topological polar surface area (TPSA) is 0 Å². The van der Waals surface area contributed by atoms with Crippen molar-refractivity contribution in [3.05, 3.63) is 38.0 Å². The summed E-state index contributed by atoms with van der Waals surface area (Å²) >= 11 is 10.1. The monoisotopic (exact) mass is 325 g/mol.